The molecule has 0 atom stereocenters. The first-order chi connectivity index (χ1) is 8.97. The number of nitrogens with one attached hydrogen (secondary N) is 1. The van der Waals surface area contributed by atoms with Crippen molar-refractivity contribution in [1.29, 1.82) is 0 Å². The van der Waals surface area contributed by atoms with E-state index in [1.165, 1.54) is 12.1 Å². The molecule has 0 saturated carbocycles. The highest BCUT2D eigenvalue weighted by atomic mass is 35.5. The van der Waals surface area contributed by atoms with Crippen molar-refractivity contribution < 1.29 is 8.91 Å². The van der Waals surface area contributed by atoms with Crippen LogP contribution in [0.25, 0.3) is 0 Å². The Balaban J connectivity index is 2.13. The molecule has 1 aromatic heterocycles. The summed E-state index contributed by atoms with van der Waals surface area (Å²) in [7, 11) is 0. The maximum absolute atomic E-state index is 13.0. The lowest BCUT2D eigenvalue weighted by atomic mass is 10.1. The van der Waals surface area contributed by atoms with Crippen LogP contribution in [0.15, 0.2) is 28.8 Å². The van der Waals surface area contributed by atoms with Gasteiger partial charge in [-0.15, -0.1) is 0 Å². The maximum Gasteiger partial charge on any atom is 0.141 e. The zero-order valence-electron chi connectivity index (χ0n) is 10.4. The molecule has 100 valence electrons. The molecule has 0 bridgehead atoms. The fourth-order valence-corrected chi connectivity index (χ4v) is 1.83. The van der Waals surface area contributed by atoms with Gasteiger partial charge in [-0.25, -0.2) is 4.39 Å². The van der Waals surface area contributed by atoms with Gasteiger partial charge in [0.2, 0.25) is 0 Å². The van der Waals surface area contributed by atoms with Gasteiger partial charge >= 0.3 is 0 Å². The van der Waals surface area contributed by atoms with Gasteiger partial charge in [0.1, 0.15) is 22.3 Å². The molecule has 0 spiro atoms. The minimum Gasteiger partial charge on any atom is -0.360 e. The zero-order valence-corrected chi connectivity index (χ0v) is 12.0. The molecular weight excluding hydrogens is 287 g/mol. The second-order valence-corrected chi connectivity index (χ2v) is 5.17. The summed E-state index contributed by atoms with van der Waals surface area (Å²) in [6.45, 7) is 4.00. The van der Waals surface area contributed by atoms with E-state index < -0.39 is 5.82 Å². The molecule has 0 amide bonds. The van der Waals surface area contributed by atoms with E-state index in [-0.39, 0.29) is 10.9 Å². The molecule has 2 aromatic rings. The number of thiocarbonyl (C=S) groups is 1. The second-order valence-electron chi connectivity index (χ2n) is 4.35. The van der Waals surface area contributed by atoms with E-state index in [0.717, 1.165) is 5.76 Å². The summed E-state index contributed by atoms with van der Waals surface area (Å²) >= 11 is 10.9. The summed E-state index contributed by atoms with van der Waals surface area (Å²) in [5.41, 5.74) is 1.14. The van der Waals surface area contributed by atoms with Gasteiger partial charge in [-0.3, -0.25) is 0 Å². The minimum absolute atomic E-state index is 0.0378. The number of halogens is 2. The highest BCUT2D eigenvalue weighted by molar-refractivity contribution is 7.81. The summed E-state index contributed by atoms with van der Waals surface area (Å²) < 4.78 is 18.2. The largest absolute Gasteiger partial charge is 0.360 e. The second kappa shape index (κ2) is 5.67. The Morgan fingerprint density at radius 2 is 2.16 bits per heavy atom. The molecule has 0 radical (unpaired) electrons. The van der Waals surface area contributed by atoms with Gasteiger partial charge in [0.25, 0.3) is 0 Å². The number of rotatable bonds is 3. The van der Waals surface area contributed by atoms with Crippen LogP contribution in [0.5, 0.6) is 0 Å². The lowest BCUT2D eigenvalue weighted by Gasteiger charge is -2.05. The van der Waals surface area contributed by atoms with Crippen molar-refractivity contribution in [2.24, 2.45) is 0 Å². The first-order valence-corrected chi connectivity index (χ1v) is 6.49. The minimum atomic E-state index is -0.471. The lowest BCUT2D eigenvalue weighted by Crippen LogP contribution is -2.10. The van der Waals surface area contributed by atoms with Crippen molar-refractivity contribution in [3.63, 3.8) is 0 Å². The Labute approximate surface area is 120 Å². The van der Waals surface area contributed by atoms with E-state index in [1.807, 2.05) is 13.8 Å². The Bertz CT molecular complexity index is 612. The van der Waals surface area contributed by atoms with Gasteiger partial charge in [-0.05, 0) is 18.2 Å². The number of nitrogens with zero attached hydrogens (tertiary/aromatic N) is 1. The molecule has 0 fully saturated rings. The molecule has 1 N–H and O–H groups in total. The lowest BCUT2D eigenvalue weighted by molar-refractivity contribution is 0.370. The molecule has 0 unspecified atom stereocenters. The third kappa shape index (κ3) is 3.30. The number of anilines is 1. The van der Waals surface area contributed by atoms with Crippen molar-refractivity contribution in [3.05, 3.63) is 46.6 Å². The first kappa shape index (κ1) is 14.0. The summed E-state index contributed by atoms with van der Waals surface area (Å²) in [5.74, 6) is 0.530. The van der Waals surface area contributed by atoms with Crippen molar-refractivity contribution >= 4 is 34.5 Å². The highest BCUT2D eigenvalue weighted by Crippen LogP contribution is 2.21. The fourth-order valence-electron chi connectivity index (χ4n) is 1.44. The van der Waals surface area contributed by atoms with Crippen LogP contribution in [-0.2, 0) is 0 Å². The molecule has 0 aliphatic heterocycles. The quantitative estimate of drug-likeness (QED) is 0.854. The van der Waals surface area contributed by atoms with Gasteiger partial charge in [0.15, 0.2) is 0 Å². The third-order valence-electron chi connectivity index (χ3n) is 2.51. The van der Waals surface area contributed by atoms with E-state index in [0.29, 0.717) is 16.4 Å². The molecule has 0 saturated heterocycles. The standard InChI is InChI=1S/C13H12ClFN2OS/c1-7(2)12-6-11(17-18-12)13(19)16-8-3-4-10(15)9(14)5-8/h3-7H,1-2H3,(H,16,19). The first-order valence-electron chi connectivity index (χ1n) is 5.70. The van der Waals surface area contributed by atoms with Crippen LogP contribution in [0.3, 0.4) is 0 Å². The SMILES string of the molecule is CC(C)c1cc(C(=S)Nc2ccc(F)c(Cl)c2)no1. The molecule has 1 aromatic carbocycles. The van der Waals surface area contributed by atoms with Gasteiger partial charge < -0.3 is 9.84 Å². The van der Waals surface area contributed by atoms with Crippen LogP contribution < -0.4 is 5.32 Å². The highest BCUT2D eigenvalue weighted by Gasteiger charge is 2.12. The number of benzene rings is 1. The Morgan fingerprint density at radius 1 is 1.42 bits per heavy atom. The van der Waals surface area contributed by atoms with Crippen molar-refractivity contribution in [3.8, 4) is 0 Å². The monoisotopic (exact) mass is 298 g/mol. The predicted octanol–water partition coefficient (Wildman–Crippen LogP) is 4.38. The van der Waals surface area contributed by atoms with Crippen LogP contribution >= 0.6 is 23.8 Å². The van der Waals surface area contributed by atoms with Crippen LogP contribution in [0.2, 0.25) is 5.02 Å². The molecule has 1 heterocycles. The molecule has 19 heavy (non-hydrogen) atoms. The number of hydrogen-bond donors (Lipinski definition) is 1. The van der Waals surface area contributed by atoms with Crippen molar-refractivity contribution in [2.45, 2.75) is 19.8 Å². The Kier molecular flexibility index (Phi) is 4.17. The smallest absolute Gasteiger partial charge is 0.141 e. The van der Waals surface area contributed by atoms with E-state index in [1.54, 1.807) is 12.1 Å². The van der Waals surface area contributed by atoms with Crippen molar-refractivity contribution in [2.75, 3.05) is 5.32 Å². The molecular formula is C13H12ClFN2OS. The summed E-state index contributed by atoms with van der Waals surface area (Å²) in [5, 5.41) is 6.86. The number of hydrogen-bond acceptors (Lipinski definition) is 3. The molecule has 0 aliphatic rings. The number of aromatic nitrogens is 1. The normalized spacial score (nSPS) is 10.8. The van der Waals surface area contributed by atoms with Crippen LogP contribution in [0.4, 0.5) is 10.1 Å². The third-order valence-corrected chi connectivity index (χ3v) is 3.11. The predicted molar refractivity (Wildman–Crippen MR) is 77.3 cm³/mol. The summed E-state index contributed by atoms with van der Waals surface area (Å²) in [6.07, 6.45) is 0. The molecule has 2 rings (SSSR count). The van der Waals surface area contributed by atoms with Gasteiger partial charge in [0, 0.05) is 17.7 Å². The maximum atomic E-state index is 13.0. The van der Waals surface area contributed by atoms with Crippen LogP contribution in [0.1, 0.15) is 31.2 Å². The zero-order chi connectivity index (χ0) is 14.0. The summed E-state index contributed by atoms with van der Waals surface area (Å²) in [6, 6.07) is 6.07. The van der Waals surface area contributed by atoms with Gasteiger partial charge in [-0.1, -0.05) is 42.8 Å². The average Bonchev–Trinajstić information content (AvgIpc) is 2.83. The Hall–Kier alpha value is -1.46. The average molecular weight is 299 g/mol. The topological polar surface area (TPSA) is 38.1 Å². The van der Waals surface area contributed by atoms with Gasteiger partial charge in [-0.2, -0.15) is 0 Å². The van der Waals surface area contributed by atoms with E-state index in [2.05, 4.69) is 10.5 Å². The van der Waals surface area contributed by atoms with Gasteiger partial charge in [0.05, 0.1) is 5.02 Å². The molecule has 0 aliphatic carbocycles. The summed E-state index contributed by atoms with van der Waals surface area (Å²) in [4.78, 5) is 0.401. The van der Waals surface area contributed by atoms with E-state index >= 15 is 0 Å². The molecule has 6 heteroatoms. The van der Waals surface area contributed by atoms with Crippen molar-refractivity contribution in [1.82, 2.24) is 5.16 Å². The van der Waals surface area contributed by atoms with E-state index in [4.69, 9.17) is 28.3 Å². The van der Waals surface area contributed by atoms with Crippen LogP contribution in [-0.4, -0.2) is 10.1 Å². The fraction of sp³-hybridized carbons (Fsp3) is 0.231. The molecule has 3 nitrogen and oxygen atoms in total. The van der Waals surface area contributed by atoms with Crippen LogP contribution in [0, 0.1) is 5.82 Å². The van der Waals surface area contributed by atoms with E-state index in [9.17, 15) is 4.39 Å². The Morgan fingerprint density at radius 3 is 2.74 bits per heavy atom.